The molecule has 2 nitrogen and oxygen atoms in total. The zero-order chi connectivity index (χ0) is 21.8. The summed E-state index contributed by atoms with van der Waals surface area (Å²) in [5, 5.41) is 10.2. The minimum Gasteiger partial charge on any atom is -0.393 e. The average Bonchev–Trinajstić information content (AvgIpc) is 3.04. The molecule has 168 valence electrons. The standard InChI is InChI=1S/C28H44O2/c1-17(2)18(3)7-8-19(4)22-9-10-23-21-16-26(30)25-15-20(29)11-13-28(25,6)24(21)12-14-27(22,23)5/h7-8,16-20,22-25,29H,9-15H2,1-6H3/t18-,19+,20-,22+,23-,24-,25+,27+,28+/m0/s1. The zero-order valence-electron chi connectivity index (χ0n) is 20.2. The third kappa shape index (κ3) is 3.46. The molecule has 0 aromatic carbocycles. The monoisotopic (exact) mass is 412 g/mol. The minimum atomic E-state index is -0.285. The summed E-state index contributed by atoms with van der Waals surface area (Å²) in [7, 11) is 0. The second-order valence-corrected chi connectivity index (χ2v) is 12.2. The highest BCUT2D eigenvalue weighted by Crippen LogP contribution is 2.66. The molecule has 0 aromatic heterocycles. The van der Waals surface area contributed by atoms with Gasteiger partial charge >= 0.3 is 0 Å². The summed E-state index contributed by atoms with van der Waals surface area (Å²) in [4.78, 5) is 13.2. The van der Waals surface area contributed by atoms with Gasteiger partial charge in [-0.3, -0.25) is 4.79 Å². The first-order chi connectivity index (χ1) is 14.1. The quantitative estimate of drug-likeness (QED) is 0.529. The predicted molar refractivity (Wildman–Crippen MR) is 124 cm³/mol. The van der Waals surface area contributed by atoms with E-state index in [4.69, 9.17) is 0 Å². The number of carbonyl (C=O) groups excluding carboxylic acids is 1. The lowest BCUT2D eigenvalue weighted by Crippen LogP contribution is -2.52. The normalized spacial score (nSPS) is 45.7. The van der Waals surface area contributed by atoms with Crippen molar-refractivity contribution in [2.75, 3.05) is 0 Å². The summed E-state index contributed by atoms with van der Waals surface area (Å²) in [5.41, 5.74) is 1.89. The van der Waals surface area contributed by atoms with E-state index in [9.17, 15) is 9.90 Å². The highest BCUT2D eigenvalue weighted by molar-refractivity contribution is 5.94. The number of aliphatic hydroxyl groups is 1. The van der Waals surface area contributed by atoms with Crippen LogP contribution in [0.3, 0.4) is 0 Å². The van der Waals surface area contributed by atoms with Crippen molar-refractivity contribution >= 4 is 5.78 Å². The summed E-state index contributed by atoms with van der Waals surface area (Å²) in [5.74, 6) is 4.12. The maximum atomic E-state index is 13.2. The van der Waals surface area contributed by atoms with E-state index in [2.05, 4.69) is 59.8 Å². The molecule has 0 aliphatic heterocycles. The van der Waals surface area contributed by atoms with Crippen LogP contribution in [0.5, 0.6) is 0 Å². The van der Waals surface area contributed by atoms with Gasteiger partial charge in [-0.1, -0.05) is 59.3 Å². The number of hydrogen-bond donors (Lipinski definition) is 1. The van der Waals surface area contributed by atoms with Crippen LogP contribution < -0.4 is 0 Å². The van der Waals surface area contributed by atoms with Gasteiger partial charge in [0.25, 0.3) is 0 Å². The van der Waals surface area contributed by atoms with Crippen LogP contribution in [-0.4, -0.2) is 17.0 Å². The number of allylic oxidation sites excluding steroid dienone is 4. The van der Waals surface area contributed by atoms with Crippen molar-refractivity contribution in [3.8, 4) is 0 Å². The Morgan fingerprint density at radius 2 is 1.60 bits per heavy atom. The SMILES string of the molecule is CC(C)[C@@H](C)C=C[C@@H](C)[C@H]1CC[C@H]2C3=CC(=O)[C@H]4C[C@@H](O)CC[C@]4(C)[C@H]3CC[C@]12C. The molecular weight excluding hydrogens is 368 g/mol. The van der Waals surface area contributed by atoms with Gasteiger partial charge in [0.2, 0.25) is 0 Å². The number of carbonyl (C=O) groups is 1. The van der Waals surface area contributed by atoms with E-state index in [0.717, 1.165) is 12.8 Å². The molecule has 4 aliphatic carbocycles. The van der Waals surface area contributed by atoms with E-state index in [-0.39, 0.29) is 17.4 Å². The molecular formula is C28H44O2. The van der Waals surface area contributed by atoms with Gasteiger partial charge in [-0.05, 0) is 97.4 Å². The van der Waals surface area contributed by atoms with Crippen molar-refractivity contribution in [1.82, 2.24) is 0 Å². The first kappa shape index (κ1) is 22.3. The second-order valence-electron chi connectivity index (χ2n) is 12.2. The molecule has 0 spiro atoms. The smallest absolute Gasteiger partial charge is 0.159 e. The molecule has 1 N–H and O–H groups in total. The third-order valence-corrected chi connectivity index (χ3v) is 10.4. The lowest BCUT2D eigenvalue weighted by molar-refractivity contribution is -0.132. The average molecular weight is 413 g/mol. The second kappa shape index (κ2) is 7.91. The van der Waals surface area contributed by atoms with Gasteiger partial charge in [-0.15, -0.1) is 0 Å². The van der Waals surface area contributed by atoms with Gasteiger partial charge in [0, 0.05) is 5.92 Å². The van der Waals surface area contributed by atoms with E-state index >= 15 is 0 Å². The Hall–Kier alpha value is -0.890. The van der Waals surface area contributed by atoms with Crippen LogP contribution in [0.4, 0.5) is 0 Å². The third-order valence-electron chi connectivity index (χ3n) is 10.4. The van der Waals surface area contributed by atoms with Crippen LogP contribution in [0.1, 0.15) is 86.5 Å². The largest absolute Gasteiger partial charge is 0.393 e. The predicted octanol–water partition coefficient (Wildman–Crippen LogP) is 6.59. The van der Waals surface area contributed by atoms with Crippen LogP contribution >= 0.6 is 0 Å². The molecule has 0 amide bonds. The summed E-state index contributed by atoms with van der Waals surface area (Å²) >= 11 is 0. The Morgan fingerprint density at radius 1 is 0.933 bits per heavy atom. The number of aliphatic hydroxyl groups excluding tert-OH is 1. The molecule has 2 heteroatoms. The number of fused-ring (bicyclic) bond motifs is 5. The topological polar surface area (TPSA) is 37.3 Å². The van der Waals surface area contributed by atoms with Crippen molar-refractivity contribution < 1.29 is 9.90 Å². The van der Waals surface area contributed by atoms with Crippen molar-refractivity contribution in [2.24, 2.45) is 52.3 Å². The molecule has 9 atom stereocenters. The number of rotatable bonds is 4. The van der Waals surface area contributed by atoms with Crippen molar-refractivity contribution in [2.45, 2.75) is 92.6 Å². The van der Waals surface area contributed by atoms with E-state index in [0.29, 0.717) is 53.1 Å². The minimum absolute atomic E-state index is 0.0379. The van der Waals surface area contributed by atoms with Crippen LogP contribution in [0.15, 0.2) is 23.8 Å². The zero-order valence-corrected chi connectivity index (χ0v) is 20.2. The van der Waals surface area contributed by atoms with E-state index in [1.54, 1.807) is 0 Å². The Bertz CT molecular complexity index is 733. The Balaban J connectivity index is 1.59. The molecule has 0 heterocycles. The van der Waals surface area contributed by atoms with Crippen LogP contribution in [-0.2, 0) is 4.79 Å². The van der Waals surface area contributed by atoms with Crippen LogP contribution in [0, 0.1) is 52.3 Å². The van der Waals surface area contributed by atoms with Gasteiger partial charge in [0.1, 0.15) is 0 Å². The van der Waals surface area contributed by atoms with Gasteiger partial charge in [0.15, 0.2) is 5.78 Å². The molecule has 0 bridgehead atoms. The van der Waals surface area contributed by atoms with E-state index in [1.165, 1.54) is 31.3 Å². The molecule has 3 fully saturated rings. The maximum Gasteiger partial charge on any atom is 0.159 e. The molecule has 0 radical (unpaired) electrons. The Labute approximate surface area is 184 Å². The van der Waals surface area contributed by atoms with Gasteiger partial charge in [-0.25, -0.2) is 0 Å². The van der Waals surface area contributed by atoms with E-state index in [1.807, 2.05) is 0 Å². The Morgan fingerprint density at radius 3 is 2.30 bits per heavy atom. The fourth-order valence-corrected chi connectivity index (χ4v) is 7.95. The molecule has 0 saturated heterocycles. The van der Waals surface area contributed by atoms with Gasteiger partial charge in [0.05, 0.1) is 6.10 Å². The van der Waals surface area contributed by atoms with Gasteiger partial charge < -0.3 is 5.11 Å². The number of hydrogen-bond acceptors (Lipinski definition) is 2. The molecule has 30 heavy (non-hydrogen) atoms. The fourth-order valence-electron chi connectivity index (χ4n) is 7.95. The molecule has 0 unspecified atom stereocenters. The van der Waals surface area contributed by atoms with Crippen molar-refractivity contribution in [3.63, 3.8) is 0 Å². The highest BCUT2D eigenvalue weighted by Gasteiger charge is 2.59. The highest BCUT2D eigenvalue weighted by atomic mass is 16.3. The summed E-state index contributed by atoms with van der Waals surface area (Å²) in [6.07, 6.45) is 14.3. The molecule has 0 aromatic rings. The lowest BCUT2D eigenvalue weighted by Gasteiger charge is -2.57. The van der Waals surface area contributed by atoms with E-state index < -0.39 is 0 Å². The Kier molecular flexibility index (Phi) is 5.88. The van der Waals surface area contributed by atoms with Crippen molar-refractivity contribution in [1.29, 1.82) is 0 Å². The van der Waals surface area contributed by atoms with Crippen LogP contribution in [0.25, 0.3) is 0 Å². The summed E-state index contributed by atoms with van der Waals surface area (Å²) in [6.45, 7) is 14.3. The number of ketones is 1. The first-order valence-corrected chi connectivity index (χ1v) is 12.7. The maximum absolute atomic E-state index is 13.2. The molecule has 4 rings (SSSR count). The van der Waals surface area contributed by atoms with Crippen molar-refractivity contribution in [3.05, 3.63) is 23.8 Å². The van der Waals surface area contributed by atoms with Crippen LogP contribution in [0.2, 0.25) is 0 Å². The molecule has 3 saturated carbocycles. The first-order valence-electron chi connectivity index (χ1n) is 12.7. The summed E-state index contributed by atoms with van der Waals surface area (Å²) in [6, 6.07) is 0. The molecule has 4 aliphatic rings. The summed E-state index contributed by atoms with van der Waals surface area (Å²) < 4.78 is 0. The van der Waals surface area contributed by atoms with Gasteiger partial charge in [-0.2, -0.15) is 0 Å². The fraction of sp³-hybridized carbons (Fsp3) is 0.821. The lowest BCUT2D eigenvalue weighted by atomic mass is 9.47.